The van der Waals surface area contributed by atoms with Crippen LogP contribution in [0.5, 0.6) is 0 Å². The van der Waals surface area contributed by atoms with Gasteiger partial charge in [-0.3, -0.25) is 9.36 Å². The molecule has 1 aromatic carbocycles. The second-order valence-corrected chi connectivity index (χ2v) is 5.28. The number of Topliss-reactive ketones (excluding diaryl/α,β-unsaturated/α-hetero) is 1. The number of alkyl halides is 1. The van der Waals surface area contributed by atoms with Gasteiger partial charge in [-0.1, -0.05) is 40.2 Å². The number of benzene rings is 1. The molecule has 15 heavy (non-hydrogen) atoms. The first-order chi connectivity index (χ1) is 6.92. The Morgan fingerprint density at radius 2 is 1.80 bits per heavy atom. The fourth-order valence-electron chi connectivity index (χ4n) is 1.11. The lowest BCUT2D eigenvalue weighted by molar-refractivity contribution is 0.102. The molecule has 0 saturated carbocycles. The van der Waals surface area contributed by atoms with Crippen molar-refractivity contribution in [3.05, 3.63) is 35.4 Å². The highest BCUT2D eigenvalue weighted by molar-refractivity contribution is 9.09. The molecule has 0 heterocycles. The van der Waals surface area contributed by atoms with Crippen LogP contribution in [-0.2, 0) is 10.7 Å². The van der Waals surface area contributed by atoms with Crippen molar-refractivity contribution in [3.63, 3.8) is 0 Å². The molecule has 0 bridgehead atoms. The Hall–Kier alpha value is -0.480. The maximum atomic E-state index is 11.2. The lowest BCUT2D eigenvalue weighted by Crippen LogP contribution is -1.99. The van der Waals surface area contributed by atoms with Crippen LogP contribution in [0, 0.1) is 0 Å². The minimum atomic E-state index is -4.03. The summed E-state index contributed by atoms with van der Waals surface area (Å²) in [5, 5.41) is 0.241. The van der Waals surface area contributed by atoms with Gasteiger partial charge in [0.1, 0.15) is 0 Å². The van der Waals surface area contributed by atoms with Crippen LogP contribution < -0.4 is 0 Å². The van der Waals surface area contributed by atoms with Gasteiger partial charge in [0.2, 0.25) is 0 Å². The molecule has 1 aromatic rings. The van der Waals surface area contributed by atoms with Crippen molar-refractivity contribution < 1.29 is 19.1 Å². The van der Waals surface area contributed by atoms with Gasteiger partial charge in [0, 0.05) is 5.56 Å². The molecule has 0 aliphatic heterocycles. The van der Waals surface area contributed by atoms with Crippen LogP contribution in [0.1, 0.15) is 15.9 Å². The topological polar surface area (TPSA) is 74.6 Å². The van der Waals surface area contributed by atoms with Gasteiger partial charge >= 0.3 is 7.60 Å². The summed E-state index contributed by atoms with van der Waals surface area (Å²) in [6.45, 7) is 0. The molecule has 0 aliphatic carbocycles. The third-order valence-corrected chi connectivity index (χ3v) is 3.07. The van der Waals surface area contributed by atoms with E-state index >= 15 is 0 Å². The summed E-state index contributed by atoms with van der Waals surface area (Å²) in [4.78, 5) is 28.7. The molecule has 0 fully saturated rings. The monoisotopic (exact) mass is 292 g/mol. The fourth-order valence-corrected chi connectivity index (χ4v) is 2.12. The summed E-state index contributed by atoms with van der Waals surface area (Å²) in [6.07, 6.45) is -0.296. The van der Waals surface area contributed by atoms with Gasteiger partial charge in [-0.05, 0) is 5.56 Å². The number of hydrogen-bond donors (Lipinski definition) is 2. The van der Waals surface area contributed by atoms with Crippen molar-refractivity contribution in [1.29, 1.82) is 0 Å². The molecule has 0 saturated heterocycles. The lowest BCUT2D eigenvalue weighted by atomic mass is 10.1. The van der Waals surface area contributed by atoms with Gasteiger partial charge in [-0.15, -0.1) is 0 Å². The highest BCUT2D eigenvalue weighted by atomic mass is 79.9. The molecule has 0 spiro atoms. The summed E-state index contributed by atoms with van der Waals surface area (Å²) in [5.41, 5.74) is 1.05. The molecule has 2 N–H and O–H groups in total. The van der Waals surface area contributed by atoms with E-state index in [1.165, 1.54) is 0 Å². The van der Waals surface area contributed by atoms with Crippen molar-refractivity contribution >= 4 is 29.3 Å². The van der Waals surface area contributed by atoms with E-state index in [0.717, 1.165) is 0 Å². The van der Waals surface area contributed by atoms with Crippen molar-refractivity contribution in [2.45, 2.75) is 6.16 Å². The zero-order valence-corrected chi connectivity index (χ0v) is 10.2. The first kappa shape index (κ1) is 12.6. The lowest BCUT2D eigenvalue weighted by Gasteiger charge is -2.04. The molecule has 0 radical (unpaired) electrons. The summed E-state index contributed by atoms with van der Waals surface area (Å²) in [5.74, 6) is -0.0577. The van der Waals surface area contributed by atoms with Crippen molar-refractivity contribution in [3.8, 4) is 0 Å². The van der Waals surface area contributed by atoms with E-state index in [9.17, 15) is 9.36 Å². The highest BCUT2D eigenvalue weighted by Gasteiger charge is 2.14. The average Bonchev–Trinajstić information content (AvgIpc) is 2.15. The second-order valence-electron chi connectivity index (χ2n) is 3.08. The largest absolute Gasteiger partial charge is 0.329 e. The molecule has 0 amide bonds. The van der Waals surface area contributed by atoms with Crippen LogP contribution >= 0.6 is 23.5 Å². The van der Waals surface area contributed by atoms with Gasteiger partial charge < -0.3 is 9.79 Å². The summed E-state index contributed by atoms with van der Waals surface area (Å²) < 4.78 is 10.7. The number of carbonyl (C=O) groups is 1. The Labute approximate surface area is 95.6 Å². The number of ketones is 1. The van der Waals surface area contributed by atoms with E-state index < -0.39 is 7.60 Å². The van der Waals surface area contributed by atoms with Crippen molar-refractivity contribution in [2.75, 3.05) is 5.33 Å². The van der Waals surface area contributed by atoms with E-state index in [2.05, 4.69) is 15.9 Å². The van der Waals surface area contributed by atoms with Crippen LogP contribution in [0.3, 0.4) is 0 Å². The van der Waals surface area contributed by atoms with Gasteiger partial charge in [0.25, 0.3) is 0 Å². The van der Waals surface area contributed by atoms with Gasteiger partial charge in [-0.25, -0.2) is 0 Å². The maximum Gasteiger partial charge on any atom is 0.329 e. The Balaban J connectivity index is 2.81. The maximum absolute atomic E-state index is 11.2. The predicted molar refractivity (Wildman–Crippen MR) is 60.3 cm³/mol. The van der Waals surface area contributed by atoms with E-state index in [1.807, 2.05) is 0 Å². The Bertz CT molecular complexity index is 395. The quantitative estimate of drug-likeness (QED) is 0.505. The van der Waals surface area contributed by atoms with Crippen LogP contribution in [-0.4, -0.2) is 20.9 Å². The van der Waals surface area contributed by atoms with E-state index in [4.69, 9.17) is 9.79 Å². The molecule has 0 aromatic heterocycles. The zero-order chi connectivity index (χ0) is 11.5. The summed E-state index contributed by atoms with van der Waals surface area (Å²) in [6, 6.07) is 6.23. The van der Waals surface area contributed by atoms with Crippen molar-refractivity contribution in [1.82, 2.24) is 0 Å². The molecule has 1 rings (SSSR count). The zero-order valence-electron chi connectivity index (χ0n) is 7.76. The molecule has 6 heteroatoms. The van der Waals surface area contributed by atoms with E-state index in [0.29, 0.717) is 11.1 Å². The Morgan fingerprint density at radius 1 is 1.27 bits per heavy atom. The van der Waals surface area contributed by atoms with Gasteiger partial charge in [0.15, 0.2) is 5.78 Å². The smallest absolute Gasteiger partial charge is 0.324 e. The first-order valence-corrected chi connectivity index (χ1v) is 7.07. The third-order valence-electron chi connectivity index (χ3n) is 1.79. The van der Waals surface area contributed by atoms with Crippen LogP contribution in [0.4, 0.5) is 0 Å². The highest BCUT2D eigenvalue weighted by Crippen LogP contribution is 2.38. The summed E-state index contributed by atoms with van der Waals surface area (Å²) in [7, 11) is -4.03. The molecule has 82 valence electrons. The van der Waals surface area contributed by atoms with E-state index in [1.54, 1.807) is 24.3 Å². The minimum Gasteiger partial charge on any atom is -0.324 e. The third kappa shape index (κ3) is 4.26. The van der Waals surface area contributed by atoms with Crippen LogP contribution in [0.25, 0.3) is 0 Å². The molecule has 0 unspecified atom stereocenters. The molecule has 0 aliphatic rings. The number of rotatable bonds is 4. The van der Waals surface area contributed by atoms with Gasteiger partial charge in [0.05, 0.1) is 11.5 Å². The minimum absolute atomic E-state index is 0.0577. The molecular weight excluding hydrogens is 283 g/mol. The second kappa shape index (κ2) is 5.03. The fraction of sp³-hybridized carbons (Fsp3) is 0.222. The number of halogens is 1. The Kier molecular flexibility index (Phi) is 4.22. The van der Waals surface area contributed by atoms with Crippen LogP contribution in [0.15, 0.2) is 24.3 Å². The normalized spacial score (nSPS) is 11.4. The van der Waals surface area contributed by atoms with Crippen LogP contribution in [0.2, 0.25) is 0 Å². The Morgan fingerprint density at radius 3 is 2.20 bits per heavy atom. The SMILES string of the molecule is O=C(CBr)c1ccc(CP(=O)(O)O)cc1. The number of carbonyl (C=O) groups excluding carboxylic acids is 1. The first-order valence-electron chi connectivity index (χ1n) is 4.15. The summed E-state index contributed by atoms with van der Waals surface area (Å²) >= 11 is 3.04. The molecule has 0 atom stereocenters. The molecular formula is C9H10BrO4P. The number of hydrogen-bond acceptors (Lipinski definition) is 2. The molecule has 4 nitrogen and oxygen atoms in total. The van der Waals surface area contributed by atoms with Crippen molar-refractivity contribution in [2.24, 2.45) is 0 Å². The standard InChI is InChI=1S/C9H10BrO4P/c10-5-9(11)8-3-1-7(2-4-8)6-15(12,13)14/h1-4H,5-6H2,(H2,12,13,14). The van der Waals surface area contributed by atoms with E-state index in [-0.39, 0.29) is 17.3 Å². The predicted octanol–water partition coefficient (Wildman–Crippen LogP) is 1.94. The van der Waals surface area contributed by atoms with Gasteiger partial charge in [-0.2, -0.15) is 0 Å². The average molecular weight is 293 g/mol.